The molecule has 1 aromatic heterocycles. The molecule has 0 bridgehead atoms. The number of hydrogen-bond acceptors (Lipinski definition) is 4. The number of amides is 1. The number of benzene rings is 4. The number of carbonyl (C=O) groups is 1. The minimum Gasteiger partial charge on any atom is -0.322 e. The zero-order valence-electron chi connectivity index (χ0n) is 21.2. The molecule has 5 rings (SSSR count). The predicted molar refractivity (Wildman–Crippen MR) is 150 cm³/mol. The van der Waals surface area contributed by atoms with Gasteiger partial charge < -0.3 is 5.32 Å². The first kappa shape index (κ1) is 25.4. The summed E-state index contributed by atoms with van der Waals surface area (Å²) in [6, 6.07) is 30.0. The summed E-state index contributed by atoms with van der Waals surface area (Å²) in [5.74, 6) is 0.777. The van der Waals surface area contributed by atoms with Gasteiger partial charge in [0, 0.05) is 23.4 Å². The van der Waals surface area contributed by atoms with Gasteiger partial charge in [-0.05, 0) is 72.5 Å². The minimum atomic E-state index is -0.331. The quantitative estimate of drug-likeness (QED) is 0.220. The molecule has 0 saturated carbocycles. The van der Waals surface area contributed by atoms with Gasteiger partial charge in [0.1, 0.15) is 11.6 Å². The normalized spacial score (nSPS) is 10.9. The van der Waals surface area contributed by atoms with Gasteiger partial charge in [-0.2, -0.15) is 0 Å². The predicted octanol–water partition coefficient (Wildman–Crippen LogP) is 7.16. The second kappa shape index (κ2) is 11.4. The number of aromatic nitrogens is 3. The molecular weight excluding hydrogens is 495 g/mol. The average Bonchev–Trinajstić information content (AvgIpc) is 3.32. The van der Waals surface area contributed by atoms with Gasteiger partial charge in [0.05, 0.1) is 5.69 Å². The third-order valence-corrected chi connectivity index (χ3v) is 7.35. The van der Waals surface area contributed by atoms with Crippen LogP contribution in [-0.4, -0.2) is 20.7 Å². The number of aryl methyl sites for hydroxylation is 2. The van der Waals surface area contributed by atoms with Gasteiger partial charge in [-0.3, -0.25) is 9.36 Å². The molecule has 4 aromatic carbocycles. The van der Waals surface area contributed by atoms with Crippen LogP contribution in [0.2, 0.25) is 0 Å². The fourth-order valence-electron chi connectivity index (χ4n) is 4.08. The van der Waals surface area contributed by atoms with E-state index in [0.29, 0.717) is 34.4 Å². The number of thioether (sulfide) groups is 1. The van der Waals surface area contributed by atoms with Crippen LogP contribution in [0.1, 0.15) is 38.4 Å². The van der Waals surface area contributed by atoms with Crippen molar-refractivity contribution in [1.29, 1.82) is 0 Å². The number of nitrogens with one attached hydrogen (secondary N) is 1. The first-order chi connectivity index (χ1) is 18.5. The van der Waals surface area contributed by atoms with Crippen molar-refractivity contribution >= 4 is 23.4 Å². The highest BCUT2D eigenvalue weighted by Gasteiger charge is 2.18. The first-order valence-corrected chi connectivity index (χ1v) is 13.3. The zero-order valence-corrected chi connectivity index (χ0v) is 22.0. The van der Waals surface area contributed by atoms with E-state index in [2.05, 4.69) is 15.5 Å². The number of anilines is 1. The molecular formula is C31H27FN4OS. The van der Waals surface area contributed by atoms with E-state index in [4.69, 9.17) is 0 Å². The minimum absolute atomic E-state index is 0.155. The summed E-state index contributed by atoms with van der Waals surface area (Å²) in [5.41, 5.74) is 6.18. The van der Waals surface area contributed by atoms with E-state index in [1.54, 1.807) is 22.8 Å². The molecule has 1 amide bonds. The third-order valence-electron chi connectivity index (χ3n) is 6.35. The Balaban J connectivity index is 1.32. The van der Waals surface area contributed by atoms with Crippen molar-refractivity contribution < 1.29 is 9.18 Å². The van der Waals surface area contributed by atoms with Crippen LogP contribution in [0.5, 0.6) is 0 Å². The maximum absolute atomic E-state index is 14.8. The van der Waals surface area contributed by atoms with Gasteiger partial charge in [-0.1, -0.05) is 72.4 Å². The van der Waals surface area contributed by atoms with Crippen LogP contribution >= 0.6 is 11.8 Å². The van der Waals surface area contributed by atoms with E-state index in [9.17, 15) is 9.18 Å². The van der Waals surface area contributed by atoms with Crippen molar-refractivity contribution in [2.75, 3.05) is 5.32 Å². The lowest BCUT2D eigenvalue weighted by Crippen LogP contribution is -2.12. The molecule has 1 heterocycles. The highest BCUT2D eigenvalue weighted by atomic mass is 32.2. The SMILES string of the molecule is Cc1ccc(NC(=O)c2ccc(CSc3nnc(Cc4ccccc4)n3-c3ccccc3F)cc2)cc1C. The summed E-state index contributed by atoms with van der Waals surface area (Å²) in [7, 11) is 0. The summed E-state index contributed by atoms with van der Waals surface area (Å²) in [6.07, 6.45) is 0.535. The molecule has 5 aromatic rings. The molecule has 0 saturated heterocycles. The summed E-state index contributed by atoms with van der Waals surface area (Å²) in [6.45, 7) is 4.07. The highest BCUT2D eigenvalue weighted by Crippen LogP contribution is 2.28. The molecule has 0 fully saturated rings. The van der Waals surface area contributed by atoms with Crippen LogP contribution in [0.3, 0.4) is 0 Å². The standard InChI is InChI=1S/C31H27FN4OS/c1-21-12-17-26(18-22(21)2)33-30(37)25-15-13-24(14-16-25)20-38-31-35-34-29(19-23-8-4-3-5-9-23)36(31)28-11-7-6-10-27(28)32/h3-18H,19-20H2,1-2H3,(H,33,37). The molecule has 1 N–H and O–H groups in total. The Bertz CT molecular complexity index is 1570. The van der Waals surface area contributed by atoms with Crippen LogP contribution < -0.4 is 5.32 Å². The molecule has 5 nitrogen and oxygen atoms in total. The second-order valence-corrected chi connectivity index (χ2v) is 10.0. The smallest absolute Gasteiger partial charge is 0.255 e. The van der Waals surface area contributed by atoms with Gasteiger partial charge in [-0.25, -0.2) is 4.39 Å². The van der Waals surface area contributed by atoms with E-state index < -0.39 is 0 Å². The van der Waals surface area contributed by atoms with Gasteiger partial charge in [-0.15, -0.1) is 10.2 Å². The Kier molecular flexibility index (Phi) is 7.65. The Morgan fingerprint density at radius 1 is 0.842 bits per heavy atom. The largest absolute Gasteiger partial charge is 0.322 e. The van der Waals surface area contributed by atoms with Gasteiger partial charge >= 0.3 is 0 Å². The molecule has 0 aliphatic rings. The summed E-state index contributed by atoms with van der Waals surface area (Å²) < 4.78 is 16.6. The van der Waals surface area contributed by atoms with Crippen molar-refractivity contribution in [2.45, 2.75) is 31.2 Å². The van der Waals surface area contributed by atoms with Crippen molar-refractivity contribution in [1.82, 2.24) is 14.8 Å². The van der Waals surface area contributed by atoms with E-state index in [1.165, 1.54) is 23.4 Å². The van der Waals surface area contributed by atoms with E-state index in [-0.39, 0.29) is 11.7 Å². The van der Waals surface area contributed by atoms with E-state index in [1.807, 2.05) is 86.6 Å². The van der Waals surface area contributed by atoms with Crippen LogP contribution in [0, 0.1) is 19.7 Å². The van der Waals surface area contributed by atoms with E-state index >= 15 is 0 Å². The molecule has 0 aliphatic carbocycles. The maximum atomic E-state index is 14.8. The van der Waals surface area contributed by atoms with Crippen LogP contribution in [0.25, 0.3) is 5.69 Å². The van der Waals surface area contributed by atoms with Crippen molar-refractivity contribution in [2.24, 2.45) is 0 Å². The lowest BCUT2D eigenvalue weighted by molar-refractivity contribution is 0.102. The van der Waals surface area contributed by atoms with Crippen molar-refractivity contribution in [3.05, 3.63) is 137 Å². The number of para-hydroxylation sites is 1. The Morgan fingerprint density at radius 2 is 1.58 bits per heavy atom. The average molecular weight is 523 g/mol. The summed E-state index contributed by atoms with van der Waals surface area (Å²) in [4.78, 5) is 12.7. The molecule has 0 spiro atoms. The number of carbonyl (C=O) groups excluding carboxylic acids is 1. The molecule has 38 heavy (non-hydrogen) atoms. The molecule has 0 unspecified atom stereocenters. The Labute approximate surface area is 225 Å². The Hall–Kier alpha value is -4.23. The van der Waals surface area contributed by atoms with Crippen molar-refractivity contribution in [3.63, 3.8) is 0 Å². The topological polar surface area (TPSA) is 59.8 Å². The number of nitrogens with zero attached hydrogens (tertiary/aromatic N) is 3. The lowest BCUT2D eigenvalue weighted by Gasteiger charge is -2.11. The molecule has 0 aliphatic heterocycles. The second-order valence-electron chi connectivity index (χ2n) is 9.09. The summed E-state index contributed by atoms with van der Waals surface area (Å²) >= 11 is 1.48. The molecule has 190 valence electrons. The maximum Gasteiger partial charge on any atom is 0.255 e. The van der Waals surface area contributed by atoms with E-state index in [0.717, 1.165) is 22.4 Å². The lowest BCUT2D eigenvalue weighted by atomic mass is 10.1. The number of rotatable bonds is 8. The molecule has 0 atom stereocenters. The fourth-order valence-corrected chi connectivity index (χ4v) is 5.00. The number of hydrogen-bond donors (Lipinski definition) is 1. The van der Waals surface area contributed by atoms with Crippen LogP contribution in [0.4, 0.5) is 10.1 Å². The first-order valence-electron chi connectivity index (χ1n) is 12.3. The zero-order chi connectivity index (χ0) is 26.5. The highest BCUT2D eigenvalue weighted by molar-refractivity contribution is 7.98. The van der Waals surface area contributed by atoms with Gasteiger partial charge in [0.15, 0.2) is 5.16 Å². The van der Waals surface area contributed by atoms with Crippen LogP contribution in [-0.2, 0) is 12.2 Å². The third kappa shape index (κ3) is 5.84. The molecule has 7 heteroatoms. The monoisotopic (exact) mass is 522 g/mol. The fraction of sp³-hybridized carbons (Fsp3) is 0.129. The summed E-state index contributed by atoms with van der Waals surface area (Å²) in [5, 5.41) is 12.4. The van der Waals surface area contributed by atoms with Crippen molar-refractivity contribution in [3.8, 4) is 5.69 Å². The number of halogens is 1. The van der Waals surface area contributed by atoms with Gasteiger partial charge in [0.25, 0.3) is 5.91 Å². The molecule has 0 radical (unpaired) electrons. The van der Waals surface area contributed by atoms with Gasteiger partial charge in [0.2, 0.25) is 0 Å². The Morgan fingerprint density at radius 3 is 2.32 bits per heavy atom. The van der Waals surface area contributed by atoms with Crippen LogP contribution in [0.15, 0.2) is 102 Å².